The third-order valence-corrected chi connectivity index (χ3v) is 3.23. The molecule has 0 aromatic carbocycles. The Morgan fingerprint density at radius 1 is 1.50 bits per heavy atom. The number of hydrogen-bond donors (Lipinski definition) is 1. The SMILES string of the molecule is CCN(Cc1ccco1)C(=O)CN1CCNCC1. The molecule has 0 unspecified atom stereocenters. The summed E-state index contributed by atoms with van der Waals surface area (Å²) in [5, 5.41) is 3.29. The maximum Gasteiger partial charge on any atom is 0.237 e. The second kappa shape index (κ2) is 6.56. The van der Waals surface area contributed by atoms with E-state index in [1.165, 1.54) is 0 Å². The molecule has 0 aliphatic carbocycles. The molecule has 1 aromatic rings. The molecule has 0 bridgehead atoms. The van der Waals surface area contributed by atoms with Gasteiger partial charge in [0.1, 0.15) is 5.76 Å². The van der Waals surface area contributed by atoms with Crippen LogP contribution in [0.25, 0.3) is 0 Å². The topological polar surface area (TPSA) is 48.7 Å². The van der Waals surface area contributed by atoms with Gasteiger partial charge in [-0.25, -0.2) is 0 Å². The van der Waals surface area contributed by atoms with Gasteiger partial charge in [0.25, 0.3) is 0 Å². The molecule has 1 saturated heterocycles. The highest BCUT2D eigenvalue weighted by Gasteiger charge is 2.18. The van der Waals surface area contributed by atoms with E-state index in [4.69, 9.17) is 4.42 Å². The molecule has 1 aliphatic rings. The van der Waals surface area contributed by atoms with E-state index in [0.29, 0.717) is 19.6 Å². The van der Waals surface area contributed by atoms with Gasteiger partial charge < -0.3 is 14.6 Å². The first-order chi connectivity index (χ1) is 8.79. The van der Waals surface area contributed by atoms with Crippen LogP contribution in [0.4, 0.5) is 0 Å². The summed E-state index contributed by atoms with van der Waals surface area (Å²) in [7, 11) is 0. The van der Waals surface area contributed by atoms with Crippen molar-refractivity contribution in [2.75, 3.05) is 39.3 Å². The van der Waals surface area contributed by atoms with Crippen molar-refractivity contribution in [1.82, 2.24) is 15.1 Å². The summed E-state index contributed by atoms with van der Waals surface area (Å²) < 4.78 is 5.29. The van der Waals surface area contributed by atoms with Gasteiger partial charge in [0.15, 0.2) is 0 Å². The molecule has 0 spiro atoms. The van der Waals surface area contributed by atoms with Gasteiger partial charge in [-0.05, 0) is 19.1 Å². The number of likely N-dealkylation sites (N-methyl/N-ethyl adjacent to an activating group) is 1. The molecule has 2 rings (SSSR count). The van der Waals surface area contributed by atoms with Gasteiger partial charge in [0.05, 0.1) is 19.4 Å². The van der Waals surface area contributed by atoms with Crippen molar-refractivity contribution < 1.29 is 9.21 Å². The lowest BCUT2D eigenvalue weighted by molar-refractivity contribution is -0.133. The fourth-order valence-electron chi connectivity index (χ4n) is 2.13. The minimum atomic E-state index is 0.177. The van der Waals surface area contributed by atoms with E-state index in [2.05, 4.69) is 10.2 Å². The molecule has 1 N–H and O–H groups in total. The molecule has 0 saturated carbocycles. The Labute approximate surface area is 108 Å². The Kier molecular flexibility index (Phi) is 4.78. The predicted molar refractivity (Wildman–Crippen MR) is 69.1 cm³/mol. The van der Waals surface area contributed by atoms with Crippen LogP contribution in [0.15, 0.2) is 22.8 Å². The first kappa shape index (κ1) is 13.1. The molecule has 0 atom stereocenters. The van der Waals surface area contributed by atoms with E-state index in [0.717, 1.165) is 31.9 Å². The summed E-state index contributed by atoms with van der Waals surface area (Å²) in [4.78, 5) is 16.2. The van der Waals surface area contributed by atoms with Crippen LogP contribution >= 0.6 is 0 Å². The Morgan fingerprint density at radius 3 is 2.89 bits per heavy atom. The summed E-state index contributed by atoms with van der Waals surface area (Å²) in [6.45, 7) is 7.62. The van der Waals surface area contributed by atoms with Crippen LogP contribution in [0.1, 0.15) is 12.7 Å². The van der Waals surface area contributed by atoms with Crippen LogP contribution in [-0.2, 0) is 11.3 Å². The van der Waals surface area contributed by atoms with E-state index in [1.807, 2.05) is 24.0 Å². The van der Waals surface area contributed by atoms with E-state index >= 15 is 0 Å². The number of carbonyl (C=O) groups excluding carboxylic acids is 1. The van der Waals surface area contributed by atoms with Gasteiger partial charge >= 0.3 is 0 Å². The largest absolute Gasteiger partial charge is 0.467 e. The molecule has 5 heteroatoms. The molecule has 1 fully saturated rings. The van der Waals surface area contributed by atoms with E-state index in [1.54, 1.807) is 6.26 Å². The average Bonchev–Trinajstić information content (AvgIpc) is 2.90. The van der Waals surface area contributed by atoms with Crippen molar-refractivity contribution in [3.8, 4) is 0 Å². The maximum atomic E-state index is 12.2. The molecule has 2 heterocycles. The monoisotopic (exact) mass is 251 g/mol. The first-order valence-electron chi connectivity index (χ1n) is 6.53. The molecule has 1 aromatic heterocycles. The summed E-state index contributed by atoms with van der Waals surface area (Å²) in [5.74, 6) is 1.02. The lowest BCUT2D eigenvalue weighted by Crippen LogP contribution is -2.48. The number of nitrogens with zero attached hydrogens (tertiary/aromatic N) is 2. The molecule has 1 aliphatic heterocycles. The zero-order valence-electron chi connectivity index (χ0n) is 10.9. The van der Waals surface area contributed by atoms with Gasteiger partial charge in [-0.15, -0.1) is 0 Å². The average molecular weight is 251 g/mol. The summed E-state index contributed by atoms with van der Waals surface area (Å²) in [6.07, 6.45) is 1.64. The van der Waals surface area contributed by atoms with Crippen LogP contribution in [0, 0.1) is 0 Å². The van der Waals surface area contributed by atoms with Gasteiger partial charge in [-0.2, -0.15) is 0 Å². The quantitative estimate of drug-likeness (QED) is 0.829. The maximum absolute atomic E-state index is 12.2. The second-order valence-electron chi connectivity index (χ2n) is 4.51. The highest BCUT2D eigenvalue weighted by molar-refractivity contribution is 5.78. The third kappa shape index (κ3) is 3.58. The number of amides is 1. The summed E-state index contributed by atoms with van der Waals surface area (Å²) in [6, 6.07) is 3.75. The van der Waals surface area contributed by atoms with E-state index in [-0.39, 0.29) is 5.91 Å². The minimum Gasteiger partial charge on any atom is -0.467 e. The van der Waals surface area contributed by atoms with Gasteiger partial charge in [-0.1, -0.05) is 0 Å². The minimum absolute atomic E-state index is 0.177. The van der Waals surface area contributed by atoms with Crippen molar-refractivity contribution >= 4 is 5.91 Å². The Balaban J connectivity index is 1.84. The number of nitrogens with one attached hydrogen (secondary N) is 1. The predicted octanol–water partition coefficient (Wildman–Crippen LogP) is 0.533. The van der Waals surface area contributed by atoms with Crippen LogP contribution in [0.3, 0.4) is 0 Å². The van der Waals surface area contributed by atoms with Gasteiger partial charge in [0.2, 0.25) is 5.91 Å². The van der Waals surface area contributed by atoms with Crippen LogP contribution in [-0.4, -0.2) is 55.0 Å². The number of carbonyl (C=O) groups is 1. The Hall–Kier alpha value is -1.33. The lowest BCUT2D eigenvalue weighted by atomic mass is 10.3. The third-order valence-electron chi connectivity index (χ3n) is 3.23. The standard InChI is InChI=1S/C13H21N3O2/c1-2-16(10-12-4-3-9-18-12)13(17)11-15-7-5-14-6-8-15/h3-4,9,14H,2,5-8,10-11H2,1H3. The van der Waals surface area contributed by atoms with Crippen LogP contribution in [0.5, 0.6) is 0 Å². The smallest absolute Gasteiger partial charge is 0.237 e. The molecule has 100 valence electrons. The van der Waals surface area contributed by atoms with Crippen LogP contribution < -0.4 is 5.32 Å². The Morgan fingerprint density at radius 2 is 2.28 bits per heavy atom. The molecular formula is C13H21N3O2. The second-order valence-corrected chi connectivity index (χ2v) is 4.51. The van der Waals surface area contributed by atoms with Crippen molar-refractivity contribution in [2.45, 2.75) is 13.5 Å². The molecule has 1 amide bonds. The van der Waals surface area contributed by atoms with Gasteiger partial charge in [-0.3, -0.25) is 9.69 Å². The number of hydrogen-bond acceptors (Lipinski definition) is 4. The zero-order valence-corrected chi connectivity index (χ0v) is 10.9. The van der Waals surface area contributed by atoms with Crippen molar-refractivity contribution in [2.24, 2.45) is 0 Å². The zero-order chi connectivity index (χ0) is 12.8. The molecule has 5 nitrogen and oxygen atoms in total. The highest BCUT2D eigenvalue weighted by atomic mass is 16.3. The Bertz CT molecular complexity index is 358. The number of furan rings is 1. The van der Waals surface area contributed by atoms with Crippen molar-refractivity contribution in [3.63, 3.8) is 0 Å². The van der Waals surface area contributed by atoms with E-state index in [9.17, 15) is 4.79 Å². The number of rotatable bonds is 5. The van der Waals surface area contributed by atoms with Crippen LogP contribution in [0.2, 0.25) is 0 Å². The lowest BCUT2D eigenvalue weighted by Gasteiger charge is -2.29. The summed E-state index contributed by atoms with van der Waals surface area (Å²) in [5.41, 5.74) is 0. The van der Waals surface area contributed by atoms with E-state index < -0.39 is 0 Å². The van der Waals surface area contributed by atoms with Crippen molar-refractivity contribution in [1.29, 1.82) is 0 Å². The molecule has 0 radical (unpaired) electrons. The fourth-order valence-corrected chi connectivity index (χ4v) is 2.13. The summed E-state index contributed by atoms with van der Waals surface area (Å²) >= 11 is 0. The highest BCUT2D eigenvalue weighted by Crippen LogP contribution is 2.06. The fraction of sp³-hybridized carbons (Fsp3) is 0.615. The van der Waals surface area contributed by atoms with Crippen molar-refractivity contribution in [3.05, 3.63) is 24.2 Å². The first-order valence-corrected chi connectivity index (χ1v) is 6.53. The molecular weight excluding hydrogens is 230 g/mol. The molecule has 18 heavy (non-hydrogen) atoms. The van der Waals surface area contributed by atoms with Gasteiger partial charge in [0, 0.05) is 32.7 Å². The normalized spacial score (nSPS) is 16.7. The number of piperazine rings is 1.